The summed E-state index contributed by atoms with van der Waals surface area (Å²) in [6, 6.07) is -0.0741. The molecule has 1 nitrogen and oxygen atoms in total. The summed E-state index contributed by atoms with van der Waals surface area (Å²) >= 11 is 0. The monoisotopic (exact) mass is 123 g/mol. The summed E-state index contributed by atoms with van der Waals surface area (Å²) in [5.74, 6) is 0. The first-order chi connectivity index (χ1) is 3.66. The average Bonchev–Trinajstić information content (AvgIpc) is 1.65. The molecule has 1 unspecified atom stereocenters. The molecule has 0 rings (SSSR count). The van der Waals surface area contributed by atoms with Gasteiger partial charge in [0.15, 0.2) is 0 Å². The fourth-order valence-corrected chi connectivity index (χ4v) is 0.385. The van der Waals surface area contributed by atoms with Crippen LogP contribution in [-0.2, 0) is 0 Å². The van der Waals surface area contributed by atoms with Gasteiger partial charge in [0.25, 0.3) is 0 Å². The molecule has 3 heteroatoms. The summed E-state index contributed by atoms with van der Waals surface area (Å²) in [7, 11) is 1.67. The molecule has 0 spiro atoms. The third kappa shape index (κ3) is 3.99. The minimum Gasteiger partial charge on any atom is -0.317 e. The maximum atomic E-state index is 11.4. The smallest absolute Gasteiger partial charge is 0.240 e. The van der Waals surface area contributed by atoms with Crippen molar-refractivity contribution < 1.29 is 8.78 Å². The van der Waals surface area contributed by atoms with Crippen LogP contribution in [0.4, 0.5) is 8.78 Å². The summed E-state index contributed by atoms with van der Waals surface area (Å²) in [4.78, 5) is 0. The molecule has 0 bridgehead atoms. The molecular weight excluding hydrogens is 112 g/mol. The normalized spacial score (nSPS) is 14.6. The van der Waals surface area contributed by atoms with Crippen LogP contribution in [0.25, 0.3) is 0 Å². The van der Waals surface area contributed by atoms with Gasteiger partial charge in [0.05, 0.1) is 0 Å². The maximum absolute atomic E-state index is 11.4. The van der Waals surface area contributed by atoms with Crippen LogP contribution in [0, 0.1) is 0 Å². The van der Waals surface area contributed by atoms with Crippen LogP contribution < -0.4 is 5.32 Å². The minimum atomic E-state index is -2.18. The minimum absolute atomic E-state index is 0.0590. The van der Waals surface area contributed by atoms with Crippen molar-refractivity contribution in [2.24, 2.45) is 0 Å². The molecule has 1 N–H and O–H groups in total. The van der Waals surface area contributed by atoms with Gasteiger partial charge < -0.3 is 5.32 Å². The Hall–Kier alpha value is -0.180. The van der Waals surface area contributed by atoms with Crippen molar-refractivity contribution in [3.8, 4) is 0 Å². The second-order valence-electron chi connectivity index (χ2n) is 1.82. The largest absolute Gasteiger partial charge is 0.317 e. The highest BCUT2D eigenvalue weighted by Gasteiger charge is 2.06. The van der Waals surface area contributed by atoms with Gasteiger partial charge in [0.2, 0.25) is 6.43 Å². The molecule has 0 aliphatic rings. The number of alkyl halides is 2. The van der Waals surface area contributed by atoms with Crippen LogP contribution in [0.5, 0.6) is 0 Å². The fraction of sp³-hybridized carbons (Fsp3) is 1.00. The van der Waals surface area contributed by atoms with Crippen molar-refractivity contribution in [2.75, 3.05) is 7.05 Å². The molecule has 0 radical (unpaired) electrons. The molecule has 0 aromatic carbocycles. The number of nitrogens with one attached hydrogen (secondary N) is 1. The van der Waals surface area contributed by atoms with E-state index in [4.69, 9.17) is 0 Å². The Balaban J connectivity index is 3.10. The number of halogens is 2. The summed E-state index contributed by atoms with van der Waals surface area (Å²) in [5, 5.41) is 2.72. The van der Waals surface area contributed by atoms with E-state index in [1.54, 1.807) is 14.0 Å². The topological polar surface area (TPSA) is 12.0 Å². The Labute approximate surface area is 48.1 Å². The van der Waals surface area contributed by atoms with Crippen LogP contribution in [0.1, 0.15) is 13.3 Å². The molecule has 0 heterocycles. The quantitative estimate of drug-likeness (QED) is 0.595. The summed E-state index contributed by atoms with van der Waals surface area (Å²) < 4.78 is 22.9. The van der Waals surface area contributed by atoms with Crippen LogP contribution in [-0.4, -0.2) is 19.5 Å². The van der Waals surface area contributed by atoms with E-state index in [2.05, 4.69) is 5.32 Å². The van der Waals surface area contributed by atoms with E-state index in [-0.39, 0.29) is 12.5 Å². The van der Waals surface area contributed by atoms with Gasteiger partial charge in [-0.3, -0.25) is 0 Å². The van der Waals surface area contributed by atoms with Crippen LogP contribution in [0.2, 0.25) is 0 Å². The number of hydrogen-bond donors (Lipinski definition) is 1. The Bertz CT molecular complexity index is 56.4. The van der Waals surface area contributed by atoms with Crippen molar-refractivity contribution >= 4 is 0 Å². The van der Waals surface area contributed by atoms with Gasteiger partial charge in [0.1, 0.15) is 0 Å². The Morgan fingerprint density at radius 3 is 2.12 bits per heavy atom. The summed E-state index contributed by atoms with van der Waals surface area (Å²) in [6.07, 6.45) is -2.24. The van der Waals surface area contributed by atoms with E-state index >= 15 is 0 Å². The predicted molar refractivity (Wildman–Crippen MR) is 29.1 cm³/mol. The van der Waals surface area contributed by atoms with E-state index in [1.807, 2.05) is 0 Å². The van der Waals surface area contributed by atoms with Gasteiger partial charge in [0, 0.05) is 12.5 Å². The van der Waals surface area contributed by atoms with Crippen LogP contribution >= 0.6 is 0 Å². The maximum Gasteiger partial charge on any atom is 0.240 e. The van der Waals surface area contributed by atoms with Gasteiger partial charge in [-0.25, -0.2) is 8.78 Å². The van der Waals surface area contributed by atoms with Crippen molar-refractivity contribution in [1.29, 1.82) is 0 Å². The third-order valence-corrected chi connectivity index (χ3v) is 1.02. The molecular formula is C5H11F2N. The molecule has 0 saturated carbocycles. The highest BCUT2D eigenvalue weighted by Crippen LogP contribution is 2.01. The van der Waals surface area contributed by atoms with Gasteiger partial charge in [-0.2, -0.15) is 0 Å². The average molecular weight is 123 g/mol. The molecule has 1 atom stereocenters. The first kappa shape index (κ1) is 7.82. The first-order valence-corrected chi connectivity index (χ1v) is 2.62. The van der Waals surface area contributed by atoms with E-state index in [1.165, 1.54) is 0 Å². The zero-order chi connectivity index (χ0) is 6.57. The van der Waals surface area contributed by atoms with E-state index < -0.39 is 6.43 Å². The molecule has 0 aliphatic carbocycles. The van der Waals surface area contributed by atoms with E-state index in [0.29, 0.717) is 0 Å². The molecule has 0 aromatic rings. The lowest BCUT2D eigenvalue weighted by molar-refractivity contribution is 0.126. The first-order valence-electron chi connectivity index (χ1n) is 2.62. The van der Waals surface area contributed by atoms with Gasteiger partial charge in [-0.1, -0.05) is 0 Å². The van der Waals surface area contributed by atoms with E-state index in [0.717, 1.165) is 0 Å². The molecule has 0 saturated heterocycles. The van der Waals surface area contributed by atoms with Crippen molar-refractivity contribution in [1.82, 2.24) is 5.32 Å². The Kier molecular flexibility index (Phi) is 3.69. The lowest BCUT2D eigenvalue weighted by atomic mass is 10.2. The Morgan fingerprint density at radius 2 is 2.00 bits per heavy atom. The van der Waals surface area contributed by atoms with Gasteiger partial charge in [-0.15, -0.1) is 0 Å². The summed E-state index contributed by atoms with van der Waals surface area (Å²) in [5.41, 5.74) is 0. The molecule has 0 amide bonds. The third-order valence-electron chi connectivity index (χ3n) is 1.02. The van der Waals surface area contributed by atoms with Crippen molar-refractivity contribution in [2.45, 2.75) is 25.8 Å². The van der Waals surface area contributed by atoms with Gasteiger partial charge in [-0.05, 0) is 14.0 Å². The van der Waals surface area contributed by atoms with Crippen LogP contribution in [0.15, 0.2) is 0 Å². The van der Waals surface area contributed by atoms with Crippen molar-refractivity contribution in [3.05, 3.63) is 0 Å². The second kappa shape index (κ2) is 3.78. The zero-order valence-electron chi connectivity index (χ0n) is 5.12. The SMILES string of the molecule is CNC(C)CC(F)F. The fourth-order valence-electron chi connectivity index (χ4n) is 0.385. The lowest BCUT2D eigenvalue weighted by Crippen LogP contribution is -2.23. The lowest BCUT2D eigenvalue weighted by Gasteiger charge is -2.06. The number of rotatable bonds is 3. The highest BCUT2D eigenvalue weighted by molar-refractivity contribution is 4.56. The van der Waals surface area contributed by atoms with Crippen LogP contribution in [0.3, 0.4) is 0 Å². The standard InChI is InChI=1S/C5H11F2N/c1-4(8-2)3-5(6)7/h4-5,8H,3H2,1-2H3. The predicted octanol–water partition coefficient (Wildman–Crippen LogP) is 1.25. The van der Waals surface area contributed by atoms with E-state index in [9.17, 15) is 8.78 Å². The summed E-state index contributed by atoms with van der Waals surface area (Å²) in [6.45, 7) is 1.73. The molecule has 0 aromatic heterocycles. The molecule has 0 aliphatic heterocycles. The molecule has 50 valence electrons. The van der Waals surface area contributed by atoms with Gasteiger partial charge >= 0.3 is 0 Å². The molecule has 8 heavy (non-hydrogen) atoms. The Morgan fingerprint density at radius 1 is 1.50 bits per heavy atom. The highest BCUT2D eigenvalue weighted by atomic mass is 19.3. The zero-order valence-corrected chi connectivity index (χ0v) is 5.12. The van der Waals surface area contributed by atoms with Crippen molar-refractivity contribution in [3.63, 3.8) is 0 Å². The molecule has 0 fully saturated rings. The second-order valence-corrected chi connectivity index (χ2v) is 1.82. The number of hydrogen-bond acceptors (Lipinski definition) is 1.